The van der Waals surface area contributed by atoms with Crippen LogP contribution in [0.15, 0.2) is 42.5 Å². The van der Waals surface area contributed by atoms with Gasteiger partial charge >= 0.3 is 0 Å². The van der Waals surface area contributed by atoms with E-state index in [-0.39, 0.29) is 0 Å². The van der Waals surface area contributed by atoms with Crippen molar-refractivity contribution in [3.63, 3.8) is 0 Å². The molecule has 0 aliphatic carbocycles. The van der Waals surface area contributed by atoms with E-state index in [1.54, 1.807) is 0 Å². The van der Waals surface area contributed by atoms with Crippen molar-refractivity contribution in [3.8, 4) is 0 Å². The third-order valence-electron chi connectivity index (χ3n) is 3.43. The molecule has 0 fully saturated rings. The lowest BCUT2D eigenvalue weighted by molar-refractivity contribution is 0.879. The van der Waals surface area contributed by atoms with E-state index in [2.05, 4.69) is 35.2 Å². The van der Waals surface area contributed by atoms with Gasteiger partial charge in [-0.15, -0.1) is 0 Å². The Morgan fingerprint density at radius 1 is 1.06 bits per heavy atom. The molecule has 2 aromatic rings. The van der Waals surface area contributed by atoms with Crippen molar-refractivity contribution in [2.24, 2.45) is 5.73 Å². The zero-order valence-electron chi connectivity index (χ0n) is 10.1. The quantitative estimate of drug-likeness (QED) is 0.895. The maximum atomic E-state index is 6.33. The van der Waals surface area contributed by atoms with Gasteiger partial charge in [0, 0.05) is 19.6 Å². The van der Waals surface area contributed by atoms with Crippen LogP contribution in [0.3, 0.4) is 0 Å². The summed E-state index contributed by atoms with van der Waals surface area (Å²) in [5, 5.41) is 0.783. The number of hydrogen-bond acceptors (Lipinski definition) is 2. The molecule has 3 heteroatoms. The second-order valence-corrected chi connectivity index (χ2v) is 5.02. The Bertz CT molecular complexity index is 555. The predicted molar refractivity (Wildman–Crippen MR) is 75.7 cm³/mol. The summed E-state index contributed by atoms with van der Waals surface area (Å²) in [6.07, 6.45) is 0. The lowest BCUT2D eigenvalue weighted by Gasteiger charge is -2.19. The molecule has 2 nitrogen and oxygen atoms in total. The summed E-state index contributed by atoms with van der Waals surface area (Å²) >= 11 is 6.33. The van der Waals surface area contributed by atoms with Gasteiger partial charge < -0.3 is 10.6 Å². The van der Waals surface area contributed by atoms with Gasteiger partial charge in [-0.2, -0.15) is 0 Å². The van der Waals surface area contributed by atoms with Crippen LogP contribution in [0.1, 0.15) is 16.7 Å². The van der Waals surface area contributed by atoms with Crippen LogP contribution in [0.2, 0.25) is 5.02 Å². The third kappa shape index (κ3) is 1.98. The van der Waals surface area contributed by atoms with Gasteiger partial charge in [0.05, 0.1) is 10.7 Å². The van der Waals surface area contributed by atoms with Gasteiger partial charge in [-0.1, -0.05) is 41.9 Å². The highest BCUT2D eigenvalue weighted by molar-refractivity contribution is 6.33. The van der Waals surface area contributed by atoms with E-state index in [0.29, 0.717) is 6.54 Å². The number of nitrogens with zero attached hydrogens (tertiary/aromatic N) is 1. The minimum Gasteiger partial charge on any atom is -0.362 e. The monoisotopic (exact) mass is 258 g/mol. The fourth-order valence-corrected chi connectivity index (χ4v) is 2.76. The van der Waals surface area contributed by atoms with E-state index in [0.717, 1.165) is 29.4 Å². The largest absolute Gasteiger partial charge is 0.362 e. The van der Waals surface area contributed by atoms with Crippen LogP contribution >= 0.6 is 11.6 Å². The van der Waals surface area contributed by atoms with E-state index in [4.69, 9.17) is 17.3 Å². The lowest BCUT2D eigenvalue weighted by Crippen LogP contribution is -2.15. The van der Waals surface area contributed by atoms with Crippen molar-refractivity contribution < 1.29 is 0 Å². The summed E-state index contributed by atoms with van der Waals surface area (Å²) in [7, 11) is 0. The third-order valence-corrected chi connectivity index (χ3v) is 3.73. The number of hydrogen-bond donors (Lipinski definition) is 1. The van der Waals surface area contributed by atoms with Gasteiger partial charge in [-0.05, 0) is 28.8 Å². The molecule has 3 rings (SSSR count). The van der Waals surface area contributed by atoms with Gasteiger partial charge in [0.15, 0.2) is 0 Å². The zero-order chi connectivity index (χ0) is 12.5. The molecule has 0 amide bonds. The Morgan fingerprint density at radius 3 is 2.28 bits per heavy atom. The predicted octanol–water partition coefficient (Wildman–Crippen LogP) is 3.32. The SMILES string of the molecule is NCc1ccc(N2Cc3ccccc3C2)c(Cl)c1. The fraction of sp³-hybridized carbons (Fsp3) is 0.200. The molecular weight excluding hydrogens is 244 g/mol. The number of anilines is 1. The first-order valence-electron chi connectivity index (χ1n) is 6.08. The van der Waals surface area contributed by atoms with Crippen LogP contribution in [-0.2, 0) is 19.6 Å². The van der Waals surface area contributed by atoms with E-state index >= 15 is 0 Å². The van der Waals surface area contributed by atoms with Gasteiger partial charge in [0.1, 0.15) is 0 Å². The molecule has 1 aliphatic rings. The van der Waals surface area contributed by atoms with Crippen molar-refractivity contribution in [2.45, 2.75) is 19.6 Å². The van der Waals surface area contributed by atoms with Crippen molar-refractivity contribution in [1.82, 2.24) is 0 Å². The maximum Gasteiger partial charge on any atom is 0.0643 e. The second kappa shape index (κ2) is 4.63. The molecule has 1 aliphatic heterocycles. The number of rotatable bonds is 2. The molecule has 0 saturated carbocycles. The number of benzene rings is 2. The average molecular weight is 259 g/mol. The van der Waals surface area contributed by atoms with Gasteiger partial charge in [0.2, 0.25) is 0 Å². The summed E-state index contributed by atoms with van der Waals surface area (Å²) in [4.78, 5) is 2.30. The summed E-state index contributed by atoms with van der Waals surface area (Å²) < 4.78 is 0. The van der Waals surface area contributed by atoms with Crippen LogP contribution < -0.4 is 10.6 Å². The van der Waals surface area contributed by atoms with Gasteiger partial charge in [0.25, 0.3) is 0 Å². The van der Waals surface area contributed by atoms with Crippen LogP contribution in [0.5, 0.6) is 0 Å². The maximum absolute atomic E-state index is 6.33. The molecule has 0 radical (unpaired) electrons. The highest BCUT2D eigenvalue weighted by Crippen LogP contribution is 2.33. The summed E-state index contributed by atoms with van der Waals surface area (Å²) in [6.45, 7) is 2.38. The molecule has 0 unspecified atom stereocenters. The minimum atomic E-state index is 0.528. The van der Waals surface area contributed by atoms with Gasteiger partial charge in [-0.3, -0.25) is 0 Å². The molecule has 1 heterocycles. The highest BCUT2D eigenvalue weighted by Gasteiger charge is 2.20. The minimum absolute atomic E-state index is 0.528. The highest BCUT2D eigenvalue weighted by atomic mass is 35.5. The van der Waals surface area contributed by atoms with E-state index < -0.39 is 0 Å². The van der Waals surface area contributed by atoms with Crippen LogP contribution in [0, 0.1) is 0 Å². The van der Waals surface area contributed by atoms with E-state index in [9.17, 15) is 0 Å². The molecule has 18 heavy (non-hydrogen) atoms. The fourth-order valence-electron chi connectivity index (χ4n) is 2.44. The first-order chi connectivity index (χ1) is 8.78. The molecule has 0 bridgehead atoms. The standard InChI is InChI=1S/C15H15ClN2/c16-14-7-11(8-17)5-6-15(14)18-9-12-3-1-2-4-13(12)10-18/h1-7H,8-10,17H2. The van der Waals surface area contributed by atoms with Crippen LogP contribution in [-0.4, -0.2) is 0 Å². The Hall–Kier alpha value is -1.51. The zero-order valence-corrected chi connectivity index (χ0v) is 10.8. The van der Waals surface area contributed by atoms with Gasteiger partial charge in [-0.25, -0.2) is 0 Å². The molecule has 2 N–H and O–H groups in total. The topological polar surface area (TPSA) is 29.3 Å². The second-order valence-electron chi connectivity index (χ2n) is 4.61. The number of nitrogens with two attached hydrogens (primary N) is 1. The molecular formula is C15H15ClN2. The first-order valence-corrected chi connectivity index (χ1v) is 6.46. The summed E-state index contributed by atoms with van der Waals surface area (Å²) in [6, 6.07) is 14.6. The smallest absolute Gasteiger partial charge is 0.0643 e. The molecule has 0 aromatic heterocycles. The van der Waals surface area contributed by atoms with Crippen molar-refractivity contribution in [3.05, 3.63) is 64.2 Å². The number of halogens is 1. The Kier molecular flexibility index (Phi) is 2.98. The normalized spacial score (nSPS) is 13.8. The molecule has 0 spiro atoms. The van der Waals surface area contributed by atoms with Crippen molar-refractivity contribution >= 4 is 17.3 Å². The molecule has 0 atom stereocenters. The Labute approximate surface area is 112 Å². The van der Waals surface area contributed by atoms with E-state index in [1.807, 2.05) is 12.1 Å². The Balaban J connectivity index is 1.90. The van der Waals surface area contributed by atoms with Crippen molar-refractivity contribution in [1.29, 1.82) is 0 Å². The number of fused-ring (bicyclic) bond motifs is 1. The first kappa shape index (κ1) is 11.6. The average Bonchev–Trinajstić information content (AvgIpc) is 2.81. The van der Waals surface area contributed by atoms with Crippen LogP contribution in [0.4, 0.5) is 5.69 Å². The van der Waals surface area contributed by atoms with Crippen LogP contribution in [0.25, 0.3) is 0 Å². The Morgan fingerprint density at radius 2 is 1.72 bits per heavy atom. The molecule has 0 saturated heterocycles. The molecule has 92 valence electrons. The van der Waals surface area contributed by atoms with E-state index in [1.165, 1.54) is 11.1 Å². The summed E-state index contributed by atoms with van der Waals surface area (Å²) in [5.74, 6) is 0. The lowest BCUT2D eigenvalue weighted by atomic mass is 10.1. The molecule has 2 aromatic carbocycles. The summed E-state index contributed by atoms with van der Waals surface area (Å²) in [5.41, 5.74) is 10.5. The van der Waals surface area contributed by atoms with Crippen molar-refractivity contribution in [2.75, 3.05) is 4.90 Å².